The number of hydrogen-bond donors (Lipinski definition) is 1. The van der Waals surface area contributed by atoms with Gasteiger partial charge in [0, 0.05) is 11.3 Å². The largest absolute Gasteiger partial charge is 0.501 e. The van der Waals surface area contributed by atoms with E-state index in [-0.39, 0.29) is 41.7 Å². The van der Waals surface area contributed by atoms with Gasteiger partial charge in [0.1, 0.15) is 18.3 Å². The van der Waals surface area contributed by atoms with E-state index in [4.69, 9.17) is 14.2 Å². The van der Waals surface area contributed by atoms with E-state index in [0.717, 1.165) is 0 Å². The van der Waals surface area contributed by atoms with Crippen LogP contribution in [0.5, 0.6) is 0 Å². The van der Waals surface area contributed by atoms with Gasteiger partial charge in [0.25, 0.3) is 0 Å². The summed E-state index contributed by atoms with van der Waals surface area (Å²) in [7, 11) is 0. The topological polar surface area (TPSA) is 85.4 Å². The van der Waals surface area contributed by atoms with Crippen molar-refractivity contribution in [3.8, 4) is 0 Å². The third-order valence-electron chi connectivity index (χ3n) is 6.40. The molecule has 1 spiro atoms. The summed E-state index contributed by atoms with van der Waals surface area (Å²) in [6, 6.07) is 0. The fraction of sp³-hybridized carbons (Fsp3) is 0.700. The number of hydrogen-bond acceptors (Lipinski definition) is 6. The van der Waals surface area contributed by atoms with E-state index in [9.17, 15) is 14.7 Å². The lowest BCUT2D eigenvalue weighted by atomic mass is 9.69. The lowest BCUT2D eigenvalue weighted by Gasteiger charge is -2.39. The molecule has 26 heavy (non-hydrogen) atoms. The Morgan fingerprint density at radius 3 is 2.65 bits per heavy atom. The molecule has 7 atom stereocenters. The molecule has 0 radical (unpaired) electrons. The molecule has 0 aromatic rings. The van der Waals surface area contributed by atoms with E-state index >= 15 is 0 Å². The molecule has 1 aliphatic carbocycles. The zero-order chi connectivity index (χ0) is 18.7. The highest BCUT2D eigenvalue weighted by Crippen LogP contribution is 2.54. The second-order valence-electron chi connectivity index (χ2n) is 8.62. The molecule has 6 nitrogen and oxygen atoms in total. The van der Waals surface area contributed by atoms with Gasteiger partial charge in [-0.05, 0) is 38.7 Å². The number of rotatable bonds is 1. The van der Waals surface area contributed by atoms with Crippen molar-refractivity contribution in [1.29, 1.82) is 0 Å². The van der Waals surface area contributed by atoms with Crippen molar-refractivity contribution in [1.82, 2.24) is 0 Å². The number of aliphatic hydroxyl groups excluding tert-OH is 1. The van der Waals surface area contributed by atoms with Crippen molar-refractivity contribution in [3.63, 3.8) is 0 Å². The number of epoxide rings is 1. The first-order chi connectivity index (χ1) is 12.3. The summed E-state index contributed by atoms with van der Waals surface area (Å²) in [5.41, 5.74) is -1.78. The average molecular weight is 362 g/mol. The zero-order valence-corrected chi connectivity index (χ0v) is 15.4. The quantitative estimate of drug-likeness (QED) is 0.435. The van der Waals surface area contributed by atoms with Crippen molar-refractivity contribution >= 4 is 11.8 Å². The molecule has 1 N–H and O–H groups in total. The first kappa shape index (κ1) is 17.7. The molecule has 142 valence electrons. The summed E-state index contributed by atoms with van der Waals surface area (Å²) in [5, 5.41) is 10.5. The Morgan fingerprint density at radius 1 is 1.19 bits per heavy atom. The van der Waals surface area contributed by atoms with Crippen LogP contribution in [0.3, 0.4) is 0 Å². The number of aliphatic hydroxyl groups is 1. The third-order valence-corrected chi connectivity index (χ3v) is 6.40. The van der Waals surface area contributed by atoms with E-state index in [2.05, 4.69) is 0 Å². The van der Waals surface area contributed by atoms with Crippen LogP contribution in [0.25, 0.3) is 0 Å². The van der Waals surface area contributed by atoms with Gasteiger partial charge in [0.05, 0.1) is 18.8 Å². The Labute approximate surface area is 153 Å². The second kappa shape index (κ2) is 5.92. The van der Waals surface area contributed by atoms with Gasteiger partial charge in [-0.15, -0.1) is 0 Å². The normalized spacial score (nSPS) is 48.0. The zero-order valence-electron chi connectivity index (χ0n) is 15.4. The van der Waals surface area contributed by atoms with Crippen molar-refractivity contribution in [3.05, 3.63) is 24.5 Å². The fourth-order valence-corrected chi connectivity index (χ4v) is 4.67. The smallest absolute Gasteiger partial charge is 0.342 e. The summed E-state index contributed by atoms with van der Waals surface area (Å²) >= 11 is 0. The molecular weight excluding hydrogens is 336 g/mol. The Morgan fingerprint density at radius 2 is 1.96 bits per heavy atom. The third kappa shape index (κ3) is 2.62. The van der Waals surface area contributed by atoms with Crippen LogP contribution in [-0.2, 0) is 23.8 Å². The van der Waals surface area contributed by atoms with Gasteiger partial charge in [-0.1, -0.05) is 19.1 Å². The van der Waals surface area contributed by atoms with E-state index in [1.807, 2.05) is 13.0 Å². The first-order valence-electron chi connectivity index (χ1n) is 9.34. The number of Topliss-reactive ketones (excluding diaryl/α,β-unsaturated/α-hetero) is 1. The lowest BCUT2D eigenvalue weighted by molar-refractivity contribution is -0.173. The van der Waals surface area contributed by atoms with Gasteiger partial charge < -0.3 is 19.3 Å². The minimum absolute atomic E-state index is 0.0390. The molecule has 4 aliphatic rings. The molecule has 4 rings (SSSR count). The second-order valence-corrected chi connectivity index (χ2v) is 8.62. The number of ether oxygens (including phenoxy) is 3. The number of allylic oxidation sites excluding steroid dienone is 1. The SMILES string of the molecule is C[C@@H]1C[C@H](O)C(=O)C(C)(C)/C=C\[C@@H]2O[C@]23C(=O)O[C@@H]([C@H]2C=COC2)C[C@@H]13. The molecule has 0 bridgehead atoms. The average Bonchev–Trinajstić information content (AvgIpc) is 3.03. The molecule has 2 saturated heterocycles. The molecule has 2 fully saturated rings. The molecule has 3 aliphatic heterocycles. The van der Waals surface area contributed by atoms with Crippen LogP contribution in [0.4, 0.5) is 0 Å². The van der Waals surface area contributed by atoms with Crippen LogP contribution >= 0.6 is 0 Å². The number of carbonyl (C=O) groups is 2. The summed E-state index contributed by atoms with van der Waals surface area (Å²) in [6.45, 7) is 6.03. The summed E-state index contributed by atoms with van der Waals surface area (Å²) in [6.07, 6.45) is 6.36. The molecule has 0 saturated carbocycles. The number of esters is 1. The molecule has 3 heterocycles. The summed E-state index contributed by atoms with van der Waals surface area (Å²) in [5.74, 6) is -0.656. The Balaban J connectivity index is 1.66. The molecule has 0 amide bonds. The Kier molecular flexibility index (Phi) is 4.04. The van der Waals surface area contributed by atoms with E-state index < -0.39 is 17.1 Å². The van der Waals surface area contributed by atoms with Crippen LogP contribution < -0.4 is 0 Å². The molecule has 0 aromatic heterocycles. The van der Waals surface area contributed by atoms with Gasteiger partial charge in [0.15, 0.2) is 11.4 Å². The lowest BCUT2D eigenvalue weighted by Crippen LogP contribution is -2.51. The maximum absolute atomic E-state index is 12.9. The molecule has 0 aromatic carbocycles. The van der Waals surface area contributed by atoms with Gasteiger partial charge in [-0.25, -0.2) is 4.79 Å². The highest BCUT2D eigenvalue weighted by atomic mass is 16.7. The minimum atomic E-state index is -1.05. The Bertz CT molecular complexity index is 680. The van der Waals surface area contributed by atoms with Gasteiger partial charge in [0.2, 0.25) is 0 Å². The van der Waals surface area contributed by atoms with Crippen molar-refractivity contribution in [2.75, 3.05) is 6.61 Å². The highest BCUT2D eigenvalue weighted by Gasteiger charge is 2.71. The molecular formula is C20H26O6. The summed E-state index contributed by atoms with van der Waals surface area (Å²) in [4.78, 5) is 25.5. The van der Waals surface area contributed by atoms with E-state index in [0.29, 0.717) is 19.4 Å². The van der Waals surface area contributed by atoms with Crippen LogP contribution in [0, 0.1) is 23.2 Å². The predicted octanol–water partition coefficient (Wildman–Crippen LogP) is 1.77. The van der Waals surface area contributed by atoms with Crippen LogP contribution in [0.1, 0.15) is 33.6 Å². The summed E-state index contributed by atoms with van der Waals surface area (Å²) < 4.78 is 16.9. The van der Waals surface area contributed by atoms with Crippen LogP contribution in [0.15, 0.2) is 24.5 Å². The number of cyclic esters (lactones) is 1. The van der Waals surface area contributed by atoms with Gasteiger partial charge >= 0.3 is 5.97 Å². The maximum Gasteiger partial charge on any atom is 0.342 e. The maximum atomic E-state index is 12.9. The van der Waals surface area contributed by atoms with Crippen molar-refractivity contribution in [2.45, 2.75) is 57.5 Å². The Hall–Kier alpha value is -1.66. The molecule has 0 unspecified atom stereocenters. The van der Waals surface area contributed by atoms with Crippen molar-refractivity contribution in [2.24, 2.45) is 23.2 Å². The number of carbonyl (C=O) groups excluding carboxylic acids is 2. The monoisotopic (exact) mass is 362 g/mol. The predicted molar refractivity (Wildman–Crippen MR) is 91.9 cm³/mol. The standard InChI is InChI=1S/C20H26O6/c1-11-8-14(21)17(22)19(2,3)6-4-16-20(26-16)13(11)9-15(25-18(20)23)12-5-7-24-10-12/h4-7,11-16,21H,8-10H2,1-3H3/b6-4-/t11-,12+,13+,14+,15-,16+,20+/m1/s1. The molecule has 6 heteroatoms. The van der Waals surface area contributed by atoms with Gasteiger partial charge in [-0.3, -0.25) is 4.79 Å². The first-order valence-corrected chi connectivity index (χ1v) is 9.34. The highest BCUT2D eigenvalue weighted by molar-refractivity contribution is 5.90. The van der Waals surface area contributed by atoms with Gasteiger partial charge in [-0.2, -0.15) is 0 Å². The van der Waals surface area contributed by atoms with Crippen molar-refractivity contribution < 1.29 is 28.9 Å². The fourth-order valence-electron chi connectivity index (χ4n) is 4.67. The number of ketones is 1. The van der Waals surface area contributed by atoms with E-state index in [1.54, 1.807) is 32.3 Å². The van der Waals surface area contributed by atoms with E-state index in [1.165, 1.54) is 0 Å². The van der Waals surface area contributed by atoms with Crippen LogP contribution in [-0.4, -0.2) is 47.4 Å². The van der Waals surface area contributed by atoms with Crippen LogP contribution in [0.2, 0.25) is 0 Å². The minimum Gasteiger partial charge on any atom is -0.501 e.